The summed E-state index contributed by atoms with van der Waals surface area (Å²) in [6.07, 6.45) is 6.50. The molecule has 1 aliphatic heterocycles. The van der Waals surface area contributed by atoms with E-state index in [-0.39, 0.29) is 5.78 Å². The fourth-order valence-electron chi connectivity index (χ4n) is 5.48. The number of hydrogen-bond donors (Lipinski definition) is 1. The van der Waals surface area contributed by atoms with Crippen molar-refractivity contribution in [2.24, 2.45) is 7.05 Å². The Bertz CT molecular complexity index is 1550. The standard InChI is InChI=1S/C31H33N3O2S/c1-21-5-10-27-25(18-21)26(31(35)29-19-30-28(33(29)2)13-17-37-30)20-34(27)16-3-4-22-6-8-23(9-7-22)36-24-11-14-32-15-12-24/h5-10,13,17-20,24,32H,3-4,11-12,14-16H2,1-2H3. The van der Waals surface area contributed by atoms with Gasteiger partial charge in [-0.2, -0.15) is 0 Å². The highest BCUT2D eigenvalue weighted by molar-refractivity contribution is 7.17. The van der Waals surface area contributed by atoms with Crippen LogP contribution in [0.3, 0.4) is 0 Å². The second-order valence-corrected chi connectivity index (χ2v) is 11.1. The lowest BCUT2D eigenvalue weighted by Crippen LogP contribution is -2.34. The van der Waals surface area contributed by atoms with Gasteiger partial charge in [0.05, 0.1) is 15.9 Å². The second-order valence-electron chi connectivity index (χ2n) is 10.2. The molecule has 0 atom stereocenters. The number of rotatable bonds is 8. The maximum absolute atomic E-state index is 13.7. The molecule has 0 unspecified atom stereocenters. The molecule has 6 heteroatoms. The average Bonchev–Trinajstić information content (AvgIpc) is 3.60. The number of nitrogens with zero attached hydrogens (tertiary/aromatic N) is 2. The van der Waals surface area contributed by atoms with Gasteiger partial charge in [0.15, 0.2) is 0 Å². The molecule has 5 aromatic rings. The van der Waals surface area contributed by atoms with Crippen LogP contribution in [0.5, 0.6) is 5.75 Å². The molecule has 0 radical (unpaired) electrons. The molecule has 190 valence electrons. The molecule has 3 aromatic heterocycles. The molecule has 0 aliphatic carbocycles. The van der Waals surface area contributed by atoms with E-state index in [1.165, 1.54) is 11.1 Å². The number of ketones is 1. The summed E-state index contributed by atoms with van der Waals surface area (Å²) in [6, 6.07) is 19.1. The summed E-state index contributed by atoms with van der Waals surface area (Å²) in [4.78, 5) is 13.7. The second kappa shape index (κ2) is 10.2. The van der Waals surface area contributed by atoms with Crippen molar-refractivity contribution in [3.8, 4) is 5.75 Å². The van der Waals surface area contributed by atoms with Gasteiger partial charge >= 0.3 is 0 Å². The molecule has 6 rings (SSSR count). The first-order valence-corrected chi connectivity index (χ1v) is 14.1. The fraction of sp³-hybridized carbons (Fsp3) is 0.323. The van der Waals surface area contributed by atoms with Gasteiger partial charge in [-0.05, 0) is 93.0 Å². The third-order valence-corrected chi connectivity index (χ3v) is 8.41. The van der Waals surface area contributed by atoms with Crippen LogP contribution < -0.4 is 10.1 Å². The molecule has 2 aromatic carbocycles. The number of hydrogen-bond acceptors (Lipinski definition) is 4. The van der Waals surface area contributed by atoms with E-state index in [9.17, 15) is 4.79 Å². The number of thiophene rings is 1. The Morgan fingerprint density at radius 1 is 1.05 bits per heavy atom. The molecule has 5 nitrogen and oxygen atoms in total. The van der Waals surface area contributed by atoms with Crippen molar-refractivity contribution in [2.75, 3.05) is 13.1 Å². The molecule has 0 spiro atoms. The predicted octanol–water partition coefficient (Wildman–Crippen LogP) is 6.50. The monoisotopic (exact) mass is 511 g/mol. The molecule has 0 bridgehead atoms. The van der Waals surface area contributed by atoms with Crippen LogP contribution in [0.2, 0.25) is 0 Å². The minimum Gasteiger partial charge on any atom is -0.490 e. The summed E-state index contributed by atoms with van der Waals surface area (Å²) >= 11 is 1.68. The number of aryl methyl sites for hydroxylation is 4. The first-order valence-electron chi connectivity index (χ1n) is 13.2. The Balaban J connectivity index is 1.17. The zero-order chi connectivity index (χ0) is 25.4. The Morgan fingerprint density at radius 3 is 2.65 bits per heavy atom. The van der Waals surface area contributed by atoms with Crippen LogP contribution >= 0.6 is 11.3 Å². The van der Waals surface area contributed by atoms with Gasteiger partial charge < -0.3 is 19.2 Å². The first-order chi connectivity index (χ1) is 18.1. The van der Waals surface area contributed by atoms with E-state index in [1.807, 2.05) is 17.7 Å². The highest BCUT2D eigenvalue weighted by Gasteiger charge is 2.21. The average molecular weight is 512 g/mol. The zero-order valence-corrected chi connectivity index (χ0v) is 22.3. The Labute approximate surface area is 221 Å². The molecule has 0 amide bonds. The number of nitrogens with one attached hydrogen (secondary N) is 1. The molecule has 1 aliphatic rings. The lowest BCUT2D eigenvalue weighted by Gasteiger charge is -2.23. The number of aromatic nitrogens is 2. The number of fused-ring (bicyclic) bond motifs is 2. The van der Waals surface area contributed by atoms with Gasteiger partial charge in [-0.25, -0.2) is 0 Å². The summed E-state index contributed by atoms with van der Waals surface area (Å²) < 4.78 is 11.6. The van der Waals surface area contributed by atoms with Gasteiger partial charge in [-0.3, -0.25) is 4.79 Å². The van der Waals surface area contributed by atoms with E-state index in [4.69, 9.17) is 4.74 Å². The number of carbonyl (C=O) groups excluding carboxylic acids is 1. The molecule has 1 saturated heterocycles. The summed E-state index contributed by atoms with van der Waals surface area (Å²) in [7, 11) is 1.98. The van der Waals surface area contributed by atoms with Crippen molar-refractivity contribution in [3.63, 3.8) is 0 Å². The van der Waals surface area contributed by atoms with E-state index < -0.39 is 0 Å². The van der Waals surface area contributed by atoms with E-state index >= 15 is 0 Å². The normalized spacial score (nSPS) is 14.5. The molecule has 0 saturated carbocycles. The number of piperidine rings is 1. The largest absolute Gasteiger partial charge is 0.490 e. The highest BCUT2D eigenvalue weighted by Crippen LogP contribution is 2.30. The van der Waals surface area contributed by atoms with E-state index in [0.29, 0.717) is 6.10 Å². The predicted molar refractivity (Wildman–Crippen MR) is 152 cm³/mol. The van der Waals surface area contributed by atoms with Crippen molar-refractivity contribution < 1.29 is 9.53 Å². The quantitative estimate of drug-likeness (QED) is 0.242. The third kappa shape index (κ3) is 4.83. The minimum atomic E-state index is 0.0876. The van der Waals surface area contributed by atoms with Gasteiger partial charge in [0.25, 0.3) is 0 Å². The fourth-order valence-corrected chi connectivity index (χ4v) is 6.33. The van der Waals surface area contributed by atoms with Crippen LogP contribution in [0.4, 0.5) is 0 Å². The smallest absolute Gasteiger partial charge is 0.211 e. The highest BCUT2D eigenvalue weighted by atomic mass is 32.1. The van der Waals surface area contributed by atoms with Gasteiger partial charge in [0.1, 0.15) is 11.9 Å². The molecule has 1 fully saturated rings. The van der Waals surface area contributed by atoms with Gasteiger partial charge in [-0.1, -0.05) is 23.8 Å². The van der Waals surface area contributed by atoms with Crippen LogP contribution in [0.1, 0.15) is 46.4 Å². The number of carbonyl (C=O) groups is 1. The van der Waals surface area contributed by atoms with Crippen molar-refractivity contribution in [1.29, 1.82) is 0 Å². The third-order valence-electron chi connectivity index (χ3n) is 7.55. The Hall–Kier alpha value is -3.35. The molecular weight excluding hydrogens is 478 g/mol. The van der Waals surface area contributed by atoms with Crippen molar-refractivity contribution in [1.82, 2.24) is 14.5 Å². The van der Waals surface area contributed by atoms with Gasteiger partial charge in [0, 0.05) is 36.3 Å². The van der Waals surface area contributed by atoms with Gasteiger partial charge in [-0.15, -0.1) is 11.3 Å². The maximum atomic E-state index is 13.7. The van der Waals surface area contributed by atoms with Gasteiger partial charge in [0.2, 0.25) is 5.78 Å². The van der Waals surface area contributed by atoms with Crippen LogP contribution in [0, 0.1) is 6.92 Å². The van der Waals surface area contributed by atoms with E-state index in [2.05, 4.69) is 76.9 Å². The molecule has 1 N–H and O–H groups in total. The summed E-state index contributed by atoms with van der Waals surface area (Å²) in [5, 5.41) is 6.49. The van der Waals surface area contributed by atoms with Crippen molar-refractivity contribution in [3.05, 3.63) is 88.6 Å². The number of benzene rings is 2. The lowest BCUT2D eigenvalue weighted by atomic mass is 10.1. The van der Waals surface area contributed by atoms with Crippen LogP contribution in [-0.2, 0) is 20.0 Å². The molecular formula is C31H33N3O2S. The van der Waals surface area contributed by atoms with Crippen LogP contribution in [-0.4, -0.2) is 34.1 Å². The molecule has 37 heavy (non-hydrogen) atoms. The molecule has 4 heterocycles. The van der Waals surface area contributed by atoms with E-state index in [1.54, 1.807) is 11.3 Å². The lowest BCUT2D eigenvalue weighted by molar-refractivity contribution is 0.103. The van der Waals surface area contributed by atoms with Crippen molar-refractivity contribution in [2.45, 2.75) is 45.3 Å². The summed E-state index contributed by atoms with van der Waals surface area (Å²) in [5.41, 5.74) is 6.24. The van der Waals surface area contributed by atoms with E-state index in [0.717, 1.165) is 83.4 Å². The zero-order valence-electron chi connectivity index (χ0n) is 21.5. The Morgan fingerprint density at radius 2 is 1.86 bits per heavy atom. The maximum Gasteiger partial charge on any atom is 0.211 e. The topological polar surface area (TPSA) is 48.2 Å². The summed E-state index contributed by atoms with van der Waals surface area (Å²) in [6.45, 7) is 5.02. The number of ether oxygens (including phenoxy) is 1. The van der Waals surface area contributed by atoms with Crippen molar-refractivity contribution >= 4 is 38.2 Å². The minimum absolute atomic E-state index is 0.0876. The first kappa shape index (κ1) is 24.0. The Kier molecular flexibility index (Phi) is 6.61. The van der Waals surface area contributed by atoms with Crippen LogP contribution in [0.15, 0.2) is 66.2 Å². The SMILES string of the molecule is Cc1ccc2c(c1)c(C(=O)c1cc3sccc3n1C)cn2CCCc1ccc(OC2CCNCC2)cc1. The summed E-state index contributed by atoms with van der Waals surface area (Å²) in [5.74, 6) is 1.05. The van der Waals surface area contributed by atoms with Crippen LogP contribution in [0.25, 0.3) is 21.1 Å².